The Kier molecular flexibility index (Phi) is 2.70. The summed E-state index contributed by atoms with van der Waals surface area (Å²) in [7, 11) is 0. The Morgan fingerprint density at radius 3 is 3.12 bits per heavy atom. The Balaban J connectivity index is 1.92. The minimum absolute atomic E-state index is 0.642. The van der Waals surface area contributed by atoms with E-state index in [0.717, 1.165) is 38.4 Å². The summed E-state index contributed by atoms with van der Waals surface area (Å²) in [6.07, 6.45) is 2.36. The van der Waals surface area contributed by atoms with Gasteiger partial charge in [0, 0.05) is 19.1 Å². The first-order valence-electron chi connectivity index (χ1n) is 6.14. The van der Waals surface area contributed by atoms with Gasteiger partial charge < -0.3 is 15.0 Å². The maximum atomic E-state index is 5.78. The topological polar surface area (TPSA) is 24.5 Å². The number of anilines is 1. The quantitative estimate of drug-likeness (QED) is 0.775. The van der Waals surface area contributed by atoms with E-state index in [1.54, 1.807) is 0 Å². The van der Waals surface area contributed by atoms with Crippen molar-refractivity contribution >= 4 is 5.69 Å². The van der Waals surface area contributed by atoms with Crippen LogP contribution in [-0.4, -0.2) is 32.3 Å². The molecule has 16 heavy (non-hydrogen) atoms. The average molecular weight is 218 g/mol. The van der Waals surface area contributed by atoms with Gasteiger partial charge in [0.2, 0.25) is 0 Å². The van der Waals surface area contributed by atoms with Crippen LogP contribution in [0.5, 0.6) is 5.75 Å². The highest BCUT2D eigenvalue weighted by Crippen LogP contribution is 2.32. The largest absolute Gasteiger partial charge is 0.491 e. The first-order valence-corrected chi connectivity index (χ1v) is 6.14. The molecule has 1 saturated heterocycles. The molecule has 2 heterocycles. The fourth-order valence-corrected chi connectivity index (χ4v) is 2.64. The first-order chi connectivity index (χ1) is 7.95. The van der Waals surface area contributed by atoms with Crippen molar-refractivity contribution in [1.29, 1.82) is 0 Å². The molecule has 1 atom stereocenters. The smallest absolute Gasteiger partial charge is 0.142 e. The number of rotatable bonds is 1. The minimum atomic E-state index is 0.642. The van der Waals surface area contributed by atoms with E-state index >= 15 is 0 Å². The fourth-order valence-electron chi connectivity index (χ4n) is 2.64. The molecule has 0 amide bonds. The van der Waals surface area contributed by atoms with Gasteiger partial charge in [-0.15, -0.1) is 0 Å². The monoisotopic (exact) mass is 218 g/mol. The summed E-state index contributed by atoms with van der Waals surface area (Å²) in [4.78, 5) is 2.52. The van der Waals surface area contributed by atoms with Crippen LogP contribution in [-0.2, 0) is 0 Å². The normalized spacial score (nSPS) is 24.8. The van der Waals surface area contributed by atoms with Gasteiger partial charge in [0.25, 0.3) is 0 Å². The molecule has 0 aliphatic carbocycles. The molecule has 0 radical (unpaired) electrons. The molecule has 1 fully saturated rings. The van der Waals surface area contributed by atoms with E-state index in [1.807, 2.05) is 0 Å². The van der Waals surface area contributed by atoms with Crippen LogP contribution in [0.4, 0.5) is 5.69 Å². The van der Waals surface area contributed by atoms with E-state index < -0.39 is 0 Å². The number of ether oxygens (including phenoxy) is 1. The highest BCUT2D eigenvalue weighted by molar-refractivity contribution is 5.59. The highest BCUT2D eigenvalue weighted by Gasteiger charge is 2.25. The average Bonchev–Trinajstić information content (AvgIpc) is 2.76. The molecular weight excluding hydrogens is 200 g/mol. The van der Waals surface area contributed by atoms with Crippen LogP contribution >= 0.6 is 0 Å². The molecular formula is C13H18N2O. The number of fused-ring (bicyclic) bond motifs is 1. The summed E-state index contributed by atoms with van der Waals surface area (Å²) in [5.74, 6) is 1.05. The Morgan fingerprint density at radius 2 is 2.25 bits per heavy atom. The molecule has 2 aliphatic rings. The van der Waals surface area contributed by atoms with Crippen LogP contribution in [0.1, 0.15) is 12.8 Å². The summed E-state index contributed by atoms with van der Waals surface area (Å²) >= 11 is 0. The third-order valence-electron chi connectivity index (χ3n) is 3.45. The second kappa shape index (κ2) is 4.34. The summed E-state index contributed by atoms with van der Waals surface area (Å²) in [5.41, 5.74) is 1.27. The van der Waals surface area contributed by atoms with Crippen LogP contribution in [0.2, 0.25) is 0 Å². The summed E-state index contributed by atoms with van der Waals surface area (Å²) in [6, 6.07) is 9.05. The van der Waals surface area contributed by atoms with Gasteiger partial charge >= 0.3 is 0 Å². The van der Waals surface area contributed by atoms with Crippen LogP contribution in [0.15, 0.2) is 24.3 Å². The molecule has 86 valence electrons. The van der Waals surface area contributed by atoms with Gasteiger partial charge in [-0.05, 0) is 31.5 Å². The summed E-state index contributed by atoms with van der Waals surface area (Å²) < 4.78 is 5.78. The Hall–Kier alpha value is -1.22. The van der Waals surface area contributed by atoms with E-state index in [1.165, 1.54) is 12.1 Å². The third kappa shape index (κ3) is 1.76. The van der Waals surface area contributed by atoms with E-state index in [4.69, 9.17) is 4.74 Å². The molecule has 1 aromatic rings. The Bertz CT molecular complexity index is 361. The number of benzene rings is 1. The molecule has 2 aliphatic heterocycles. The van der Waals surface area contributed by atoms with E-state index in [-0.39, 0.29) is 0 Å². The van der Waals surface area contributed by atoms with Gasteiger partial charge in [-0.1, -0.05) is 12.1 Å². The maximum Gasteiger partial charge on any atom is 0.142 e. The molecule has 0 spiro atoms. The molecule has 3 nitrogen and oxygen atoms in total. The molecule has 1 aromatic carbocycles. The van der Waals surface area contributed by atoms with Crippen molar-refractivity contribution in [2.75, 3.05) is 31.1 Å². The zero-order valence-corrected chi connectivity index (χ0v) is 9.48. The molecule has 0 saturated carbocycles. The van der Waals surface area contributed by atoms with Crippen LogP contribution in [0, 0.1) is 0 Å². The van der Waals surface area contributed by atoms with Gasteiger partial charge in [0.1, 0.15) is 5.75 Å². The Labute approximate surface area is 96.4 Å². The van der Waals surface area contributed by atoms with Crippen LogP contribution in [0.25, 0.3) is 0 Å². The van der Waals surface area contributed by atoms with Crippen molar-refractivity contribution in [3.8, 4) is 5.75 Å². The standard InChI is InChI=1S/C13H18N2O/c1-2-5-13-12(4-1)15(8-3-9-16-13)11-6-7-14-10-11/h1-2,4-5,11,14H,3,6-10H2. The fraction of sp³-hybridized carbons (Fsp3) is 0.538. The van der Waals surface area contributed by atoms with Crippen LogP contribution in [0.3, 0.4) is 0 Å². The molecule has 3 rings (SSSR count). The lowest BCUT2D eigenvalue weighted by Crippen LogP contribution is -2.37. The zero-order valence-electron chi connectivity index (χ0n) is 9.48. The minimum Gasteiger partial charge on any atom is -0.491 e. The second-order valence-electron chi connectivity index (χ2n) is 4.51. The lowest BCUT2D eigenvalue weighted by Gasteiger charge is -2.29. The summed E-state index contributed by atoms with van der Waals surface area (Å²) in [6.45, 7) is 4.20. The van der Waals surface area contributed by atoms with Crippen molar-refractivity contribution < 1.29 is 4.74 Å². The van der Waals surface area contributed by atoms with E-state index in [9.17, 15) is 0 Å². The van der Waals surface area contributed by atoms with E-state index in [2.05, 4.69) is 34.5 Å². The number of hydrogen-bond donors (Lipinski definition) is 1. The number of nitrogens with one attached hydrogen (secondary N) is 1. The first kappa shape index (κ1) is 9.97. The molecule has 1 N–H and O–H groups in total. The van der Waals surface area contributed by atoms with Crippen molar-refractivity contribution in [2.24, 2.45) is 0 Å². The van der Waals surface area contributed by atoms with Gasteiger partial charge in [0.15, 0.2) is 0 Å². The van der Waals surface area contributed by atoms with Crippen molar-refractivity contribution in [3.05, 3.63) is 24.3 Å². The van der Waals surface area contributed by atoms with Crippen molar-refractivity contribution in [3.63, 3.8) is 0 Å². The third-order valence-corrected chi connectivity index (χ3v) is 3.45. The maximum absolute atomic E-state index is 5.78. The SMILES string of the molecule is c1ccc2c(c1)OCCCN2C1CCNC1. The predicted octanol–water partition coefficient (Wildman–Crippen LogP) is 1.64. The summed E-state index contributed by atoms with van der Waals surface area (Å²) in [5, 5.41) is 3.44. The van der Waals surface area contributed by atoms with Crippen LogP contribution < -0.4 is 15.0 Å². The highest BCUT2D eigenvalue weighted by atomic mass is 16.5. The second-order valence-corrected chi connectivity index (χ2v) is 4.51. The number of hydrogen-bond acceptors (Lipinski definition) is 3. The lowest BCUT2D eigenvalue weighted by molar-refractivity contribution is 0.322. The van der Waals surface area contributed by atoms with Gasteiger partial charge in [-0.3, -0.25) is 0 Å². The number of nitrogens with zero attached hydrogens (tertiary/aromatic N) is 1. The zero-order chi connectivity index (χ0) is 10.8. The molecule has 0 aromatic heterocycles. The molecule has 0 bridgehead atoms. The van der Waals surface area contributed by atoms with Crippen molar-refractivity contribution in [1.82, 2.24) is 5.32 Å². The lowest BCUT2D eigenvalue weighted by atomic mass is 10.1. The molecule has 1 unspecified atom stereocenters. The van der Waals surface area contributed by atoms with Gasteiger partial charge in [0.05, 0.1) is 12.3 Å². The van der Waals surface area contributed by atoms with Gasteiger partial charge in [-0.25, -0.2) is 0 Å². The van der Waals surface area contributed by atoms with Gasteiger partial charge in [-0.2, -0.15) is 0 Å². The van der Waals surface area contributed by atoms with Crippen molar-refractivity contribution in [2.45, 2.75) is 18.9 Å². The number of para-hydroxylation sites is 2. The Morgan fingerprint density at radius 1 is 1.31 bits per heavy atom. The molecule has 3 heteroatoms. The predicted molar refractivity (Wildman–Crippen MR) is 65.2 cm³/mol. The van der Waals surface area contributed by atoms with E-state index in [0.29, 0.717) is 6.04 Å².